The highest BCUT2D eigenvalue weighted by Crippen LogP contribution is 2.25. The number of ether oxygens (including phenoxy) is 1. The quantitative estimate of drug-likeness (QED) is 0.855. The standard InChI is InChI=1S/C20H30N2O3/c1-16-6-5-7-19(10-16)25-15-20(24)22-12-17(18(13-22)14-23)11-21-8-3-2-4-9-21/h5-7,10,17-18,23H,2-4,8-9,11-15H2,1H3. The van der Waals surface area contributed by atoms with Crippen molar-refractivity contribution in [2.24, 2.45) is 11.8 Å². The molecule has 2 saturated heterocycles. The zero-order chi connectivity index (χ0) is 17.6. The summed E-state index contributed by atoms with van der Waals surface area (Å²) in [5, 5.41) is 9.72. The summed E-state index contributed by atoms with van der Waals surface area (Å²) in [7, 11) is 0. The first-order valence-electron chi connectivity index (χ1n) is 9.46. The molecule has 1 aromatic rings. The highest BCUT2D eigenvalue weighted by molar-refractivity contribution is 5.78. The Morgan fingerprint density at radius 3 is 2.68 bits per heavy atom. The Labute approximate surface area is 150 Å². The highest BCUT2D eigenvalue weighted by atomic mass is 16.5. The Bertz CT molecular complexity index is 572. The number of amides is 1. The lowest BCUT2D eigenvalue weighted by Crippen LogP contribution is -2.38. The summed E-state index contributed by atoms with van der Waals surface area (Å²) in [6, 6.07) is 7.75. The first-order chi connectivity index (χ1) is 12.2. The van der Waals surface area contributed by atoms with Crippen molar-refractivity contribution in [3.63, 3.8) is 0 Å². The van der Waals surface area contributed by atoms with Crippen LogP contribution in [-0.4, -0.2) is 66.8 Å². The molecule has 0 spiro atoms. The Kier molecular flexibility index (Phi) is 6.32. The van der Waals surface area contributed by atoms with E-state index in [1.807, 2.05) is 36.1 Å². The van der Waals surface area contributed by atoms with Crippen LogP contribution in [0, 0.1) is 18.8 Å². The maximum atomic E-state index is 12.5. The molecular formula is C20H30N2O3. The monoisotopic (exact) mass is 346 g/mol. The van der Waals surface area contributed by atoms with E-state index in [2.05, 4.69) is 4.90 Å². The predicted molar refractivity (Wildman–Crippen MR) is 97.6 cm³/mol. The van der Waals surface area contributed by atoms with Gasteiger partial charge in [-0.15, -0.1) is 0 Å². The van der Waals surface area contributed by atoms with Gasteiger partial charge in [-0.25, -0.2) is 0 Å². The Balaban J connectivity index is 1.50. The molecule has 25 heavy (non-hydrogen) atoms. The summed E-state index contributed by atoms with van der Waals surface area (Å²) >= 11 is 0. The van der Waals surface area contributed by atoms with Crippen LogP contribution in [0.4, 0.5) is 0 Å². The molecule has 2 unspecified atom stereocenters. The van der Waals surface area contributed by atoms with Gasteiger partial charge in [0, 0.05) is 32.2 Å². The molecule has 2 atom stereocenters. The minimum absolute atomic E-state index is 0.0149. The number of rotatable bonds is 6. The van der Waals surface area contributed by atoms with Crippen LogP contribution < -0.4 is 4.74 Å². The number of likely N-dealkylation sites (tertiary alicyclic amines) is 2. The first kappa shape index (κ1) is 18.2. The van der Waals surface area contributed by atoms with Crippen molar-refractivity contribution in [1.82, 2.24) is 9.80 Å². The van der Waals surface area contributed by atoms with Gasteiger partial charge in [-0.2, -0.15) is 0 Å². The second kappa shape index (κ2) is 8.68. The third-order valence-corrected chi connectivity index (χ3v) is 5.46. The van der Waals surface area contributed by atoms with Crippen molar-refractivity contribution in [3.05, 3.63) is 29.8 Å². The van der Waals surface area contributed by atoms with E-state index in [1.165, 1.54) is 19.3 Å². The molecule has 138 valence electrons. The van der Waals surface area contributed by atoms with Gasteiger partial charge in [-0.3, -0.25) is 4.79 Å². The molecule has 0 radical (unpaired) electrons. The molecule has 1 aromatic carbocycles. The summed E-state index contributed by atoms with van der Waals surface area (Å²) in [5.41, 5.74) is 1.12. The van der Waals surface area contributed by atoms with Crippen molar-refractivity contribution >= 4 is 5.91 Å². The topological polar surface area (TPSA) is 53.0 Å². The van der Waals surface area contributed by atoms with E-state index in [9.17, 15) is 9.90 Å². The maximum Gasteiger partial charge on any atom is 0.260 e. The number of nitrogens with zero attached hydrogens (tertiary/aromatic N) is 2. The molecule has 2 fully saturated rings. The molecular weight excluding hydrogens is 316 g/mol. The third-order valence-electron chi connectivity index (χ3n) is 5.46. The van der Waals surface area contributed by atoms with Crippen molar-refractivity contribution in [2.45, 2.75) is 26.2 Å². The lowest BCUT2D eigenvalue weighted by Gasteiger charge is -2.30. The second-order valence-electron chi connectivity index (χ2n) is 7.47. The maximum absolute atomic E-state index is 12.5. The molecule has 2 heterocycles. The zero-order valence-electron chi connectivity index (χ0n) is 15.2. The van der Waals surface area contributed by atoms with Gasteiger partial charge in [0.15, 0.2) is 6.61 Å². The molecule has 0 bridgehead atoms. The largest absolute Gasteiger partial charge is 0.484 e. The Morgan fingerprint density at radius 1 is 1.20 bits per heavy atom. The van der Waals surface area contributed by atoms with Crippen LogP contribution in [0.2, 0.25) is 0 Å². The van der Waals surface area contributed by atoms with Gasteiger partial charge in [0.1, 0.15) is 5.75 Å². The van der Waals surface area contributed by atoms with E-state index in [4.69, 9.17) is 4.74 Å². The molecule has 5 heteroatoms. The highest BCUT2D eigenvalue weighted by Gasteiger charge is 2.35. The average Bonchev–Trinajstić information content (AvgIpc) is 3.03. The minimum atomic E-state index is 0.0149. The molecule has 1 N–H and O–H groups in total. The van der Waals surface area contributed by atoms with Gasteiger partial charge >= 0.3 is 0 Å². The summed E-state index contributed by atoms with van der Waals surface area (Å²) in [6.07, 6.45) is 3.86. The molecule has 1 amide bonds. The van der Waals surface area contributed by atoms with E-state index < -0.39 is 0 Å². The Hall–Kier alpha value is -1.59. The van der Waals surface area contributed by atoms with Crippen LogP contribution in [0.15, 0.2) is 24.3 Å². The van der Waals surface area contributed by atoms with Gasteiger partial charge in [0.25, 0.3) is 5.91 Å². The molecule has 0 aliphatic carbocycles. The number of hydrogen-bond donors (Lipinski definition) is 1. The minimum Gasteiger partial charge on any atom is -0.484 e. The fraction of sp³-hybridized carbons (Fsp3) is 0.650. The smallest absolute Gasteiger partial charge is 0.260 e. The van der Waals surface area contributed by atoms with E-state index in [0.717, 1.165) is 37.5 Å². The van der Waals surface area contributed by atoms with Crippen molar-refractivity contribution < 1.29 is 14.6 Å². The van der Waals surface area contributed by atoms with E-state index in [-0.39, 0.29) is 25.0 Å². The van der Waals surface area contributed by atoms with Gasteiger partial charge in [0.05, 0.1) is 0 Å². The summed E-state index contributed by atoms with van der Waals surface area (Å²) in [5.74, 6) is 1.30. The van der Waals surface area contributed by atoms with Crippen LogP contribution in [-0.2, 0) is 4.79 Å². The van der Waals surface area contributed by atoms with Crippen LogP contribution in [0.5, 0.6) is 5.75 Å². The SMILES string of the molecule is Cc1cccc(OCC(=O)N2CC(CO)C(CN3CCCCC3)C2)c1. The Morgan fingerprint density at radius 2 is 1.96 bits per heavy atom. The predicted octanol–water partition coefficient (Wildman–Crippen LogP) is 1.93. The zero-order valence-corrected chi connectivity index (χ0v) is 15.2. The molecule has 3 rings (SSSR count). The van der Waals surface area contributed by atoms with E-state index >= 15 is 0 Å². The number of hydrogen-bond acceptors (Lipinski definition) is 4. The third kappa shape index (κ3) is 4.95. The fourth-order valence-electron chi connectivity index (χ4n) is 3.97. The van der Waals surface area contributed by atoms with Gasteiger partial charge in [-0.1, -0.05) is 18.6 Å². The van der Waals surface area contributed by atoms with Gasteiger partial charge in [0.2, 0.25) is 0 Å². The molecule has 0 aromatic heterocycles. The normalized spacial score (nSPS) is 24.5. The summed E-state index contributed by atoms with van der Waals surface area (Å²) in [6.45, 7) is 6.90. The molecule has 5 nitrogen and oxygen atoms in total. The number of aliphatic hydroxyl groups is 1. The van der Waals surface area contributed by atoms with Crippen molar-refractivity contribution in [3.8, 4) is 5.75 Å². The van der Waals surface area contributed by atoms with Gasteiger partial charge < -0.3 is 19.6 Å². The molecule has 0 saturated carbocycles. The lowest BCUT2D eigenvalue weighted by molar-refractivity contribution is -0.132. The number of carbonyl (C=O) groups excluding carboxylic acids is 1. The van der Waals surface area contributed by atoms with Crippen molar-refractivity contribution in [2.75, 3.05) is 45.9 Å². The van der Waals surface area contributed by atoms with Crippen LogP contribution >= 0.6 is 0 Å². The van der Waals surface area contributed by atoms with Crippen LogP contribution in [0.1, 0.15) is 24.8 Å². The fourth-order valence-corrected chi connectivity index (χ4v) is 3.97. The lowest BCUT2D eigenvalue weighted by atomic mass is 9.95. The number of carbonyl (C=O) groups is 1. The van der Waals surface area contributed by atoms with E-state index in [0.29, 0.717) is 12.5 Å². The molecule has 2 aliphatic heterocycles. The first-order valence-corrected chi connectivity index (χ1v) is 9.46. The molecule has 2 aliphatic rings. The number of benzene rings is 1. The van der Waals surface area contributed by atoms with E-state index in [1.54, 1.807) is 0 Å². The average molecular weight is 346 g/mol. The summed E-state index contributed by atoms with van der Waals surface area (Å²) in [4.78, 5) is 16.9. The number of aryl methyl sites for hydroxylation is 1. The number of aliphatic hydroxyl groups excluding tert-OH is 1. The van der Waals surface area contributed by atoms with Crippen LogP contribution in [0.25, 0.3) is 0 Å². The summed E-state index contributed by atoms with van der Waals surface area (Å²) < 4.78 is 5.65. The second-order valence-corrected chi connectivity index (χ2v) is 7.47. The van der Waals surface area contributed by atoms with Crippen molar-refractivity contribution in [1.29, 1.82) is 0 Å². The van der Waals surface area contributed by atoms with Gasteiger partial charge in [-0.05, 0) is 56.5 Å². The number of piperidine rings is 1. The van der Waals surface area contributed by atoms with Crippen LogP contribution in [0.3, 0.4) is 0 Å².